The fraction of sp³-hybridized carbons (Fsp3) is 0.143. The lowest BCUT2D eigenvalue weighted by atomic mass is 9.84. The molecule has 0 aliphatic heterocycles. The second kappa shape index (κ2) is 4.89. The van der Waals surface area contributed by atoms with Crippen molar-refractivity contribution in [2.24, 2.45) is 5.92 Å². The minimum atomic E-state index is 0.499. The summed E-state index contributed by atoms with van der Waals surface area (Å²) in [7, 11) is 0. The largest absolute Gasteiger partial charge is 0.0767 e. The van der Waals surface area contributed by atoms with Gasteiger partial charge in [0.15, 0.2) is 0 Å². The highest BCUT2D eigenvalue weighted by atomic mass is 14.3. The van der Waals surface area contributed by atoms with Gasteiger partial charge in [0.2, 0.25) is 0 Å². The quantitative estimate of drug-likeness (QED) is 0.666. The van der Waals surface area contributed by atoms with Crippen LogP contribution in [0.1, 0.15) is 24.0 Å². The first-order chi connectivity index (χ1) is 10.3. The van der Waals surface area contributed by atoms with Gasteiger partial charge >= 0.3 is 0 Å². The molecule has 4 rings (SSSR count). The third kappa shape index (κ3) is 1.99. The molecule has 2 aliphatic carbocycles. The number of hydrogen-bond acceptors (Lipinski definition) is 0. The van der Waals surface area contributed by atoms with Crippen LogP contribution < -0.4 is 0 Å². The third-order valence-electron chi connectivity index (χ3n) is 4.58. The summed E-state index contributed by atoms with van der Waals surface area (Å²) in [4.78, 5) is 0. The molecule has 2 aromatic carbocycles. The molecule has 0 radical (unpaired) electrons. The smallest absolute Gasteiger partial charge is 0.0153 e. The summed E-state index contributed by atoms with van der Waals surface area (Å²) in [6.07, 6.45) is 11.3. The monoisotopic (exact) mass is 270 g/mol. The van der Waals surface area contributed by atoms with Crippen LogP contribution in [-0.4, -0.2) is 0 Å². The van der Waals surface area contributed by atoms with Gasteiger partial charge in [0, 0.05) is 11.8 Å². The molecule has 0 heterocycles. The summed E-state index contributed by atoms with van der Waals surface area (Å²) in [5.41, 5.74) is 6.99. The standard InChI is InChI=1S/C21H18/c1-15-14-20-18(16-8-3-2-4-9-16)12-7-13-19(20)21(15)17-10-5-6-11-17/h2-14,17,21H,1H3. The summed E-state index contributed by atoms with van der Waals surface area (Å²) in [5.74, 6) is 1.01. The van der Waals surface area contributed by atoms with E-state index < -0.39 is 0 Å². The van der Waals surface area contributed by atoms with Crippen LogP contribution in [-0.2, 0) is 0 Å². The summed E-state index contributed by atoms with van der Waals surface area (Å²) in [5, 5.41) is 0. The Morgan fingerprint density at radius 3 is 2.33 bits per heavy atom. The van der Waals surface area contributed by atoms with Crippen LogP contribution in [0.2, 0.25) is 0 Å². The van der Waals surface area contributed by atoms with Gasteiger partial charge in [-0.05, 0) is 29.2 Å². The third-order valence-corrected chi connectivity index (χ3v) is 4.58. The topological polar surface area (TPSA) is 0 Å². The Morgan fingerprint density at radius 1 is 0.810 bits per heavy atom. The second-order valence-corrected chi connectivity index (χ2v) is 5.89. The lowest BCUT2D eigenvalue weighted by Crippen LogP contribution is -2.06. The van der Waals surface area contributed by atoms with E-state index in [-0.39, 0.29) is 0 Å². The minimum absolute atomic E-state index is 0.499. The predicted octanol–water partition coefficient (Wildman–Crippen LogP) is 5.60. The molecule has 1 atom stereocenters. The maximum atomic E-state index is 2.38. The van der Waals surface area contributed by atoms with E-state index in [1.54, 1.807) is 0 Å². The highest BCUT2D eigenvalue weighted by Gasteiger charge is 2.29. The fourth-order valence-corrected chi connectivity index (χ4v) is 3.63. The lowest BCUT2D eigenvalue weighted by Gasteiger charge is -2.19. The normalized spacial score (nSPS) is 19.9. The van der Waals surface area contributed by atoms with E-state index in [4.69, 9.17) is 0 Å². The van der Waals surface area contributed by atoms with Crippen LogP contribution in [0.25, 0.3) is 17.2 Å². The Bertz CT molecular complexity index is 748. The van der Waals surface area contributed by atoms with Crippen molar-refractivity contribution in [3.63, 3.8) is 0 Å². The highest BCUT2D eigenvalue weighted by Crippen LogP contribution is 2.46. The van der Waals surface area contributed by atoms with Gasteiger partial charge in [-0.15, -0.1) is 0 Å². The highest BCUT2D eigenvalue weighted by molar-refractivity contribution is 5.82. The van der Waals surface area contributed by atoms with E-state index in [9.17, 15) is 0 Å². The number of allylic oxidation sites excluding steroid dienone is 5. The molecule has 102 valence electrons. The van der Waals surface area contributed by atoms with Crippen molar-refractivity contribution in [3.05, 3.63) is 89.5 Å². The van der Waals surface area contributed by atoms with Crippen LogP contribution in [0.15, 0.2) is 78.4 Å². The Labute approximate surface area is 126 Å². The van der Waals surface area contributed by atoms with Crippen LogP contribution in [0.5, 0.6) is 0 Å². The maximum Gasteiger partial charge on any atom is 0.0153 e. The Balaban J connectivity index is 1.86. The molecule has 0 N–H and O–H groups in total. The predicted molar refractivity (Wildman–Crippen MR) is 90.0 cm³/mol. The van der Waals surface area contributed by atoms with Crippen molar-refractivity contribution < 1.29 is 0 Å². The maximum absolute atomic E-state index is 2.38. The molecule has 0 fully saturated rings. The van der Waals surface area contributed by atoms with Crippen molar-refractivity contribution in [1.82, 2.24) is 0 Å². The molecule has 1 unspecified atom stereocenters. The summed E-state index contributed by atoms with van der Waals surface area (Å²) in [6, 6.07) is 17.4. The van der Waals surface area contributed by atoms with Crippen LogP contribution in [0, 0.1) is 5.92 Å². The molecule has 2 aliphatic rings. The molecular formula is C21H18. The molecular weight excluding hydrogens is 252 g/mol. The molecule has 0 spiro atoms. The number of hydrogen-bond donors (Lipinski definition) is 0. The Kier molecular flexibility index (Phi) is 2.89. The van der Waals surface area contributed by atoms with Crippen molar-refractivity contribution in [1.29, 1.82) is 0 Å². The molecule has 21 heavy (non-hydrogen) atoms. The van der Waals surface area contributed by atoms with Gasteiger partial charge < -0.3 is 0 Å². The van der Waals surface area contributed by atoms with Gasteiger partial charge in [-0.25, -0.2) is 0 Å². The van der Waals surface area contributed by atoms with Gasteiger partial charge in [-0.2, -0.15) is 0 Å². The Morgan fingerprint density at radius 2 is 1.57 bits per heavy atom. The van der Waals surface area contributed by atoms with E-state index in [0.29, 0.717) is 11.8 Å². The molecule has 0 nitrogen and oxygen atoms in total. The van der Waals surface area contributed by atoms with Crippen molar-refractivity contribution in [3.8, 4) is 11.1 Å². The first kappa shape index (κ1) is 12.4. The van der Waals surface area contributed by atoms with Crippen molar-refractivity contribution in [2.75, 3.05) is 0 Å². The minimum Gasteiger partial charge on any atom is -0.0767 e. The molecule has 0 bridgehead atoms. The van der Waals surface area contributed by atoms with E-state index in [0.717, 1.165) is 0 Å². The van der Waals surface area contributed by atoms with E-state index in [2.05, 4.69) is 85.8 Å². The van der Waals surface area contributed by atoms with Crippen molar-refractivity contribution in [2.45, 2.75) is 12.8 Å². The molecule has 0 saturated carbocycles. The molecule has 0 heteroatoms. The zero-order chi connectivity index (χ0) is 14.2. The lowest BCUT2D eigenvalue weighted by molar-refractivity contribution is 0.692. The van der Waals surface area contributed by atoms with Crippen LogP contribution in [0.3, 0.4) is 0 Å². The van der Waals surface area contributed by atoms with Gasteiger partial charge in [-0.3, -0.25) is 0 Å². The molecule has 0 saturated heterocycles. The van der Waals surface area contributed by atoms with E-state index in [1.165, 1.54) is 27.8 Å². The number of benzene rings is 2. The van der Waals surface area contributed by atoms with Crippen LogP contribution in [0.4, 0.5) is 0 Å². The first-order valence-corrected chi connectivity index (χ1v) is 7.56. The zero-order valence-electron chi connectivity index (χ0n) is 12.2. The van der Waals surface area contributed by atoms with Gasteiger partial charge in [0.25, 0.3) is 0 Å². The fourth-order valence-electron chi connectivity index (χ4n) is 3.63. The average molecular weight is 270 g/mol. The van der Waals surface area contributed by atoms with Gasteiger partial charge in [0.05, 0.1) is 0 Å². The average Bonchev–Trinajstić information content (AvgIpc) is 3.14. The summed E-state index contributed by atoms with van der Waals surface area (Å²) < 4.78 is 0. The van der Waals surface area contributed by atoms with Gasteiger partial charge in [0.1, 0.15) is 0 Å². The molecule has 0 amide bonds. The van der Waals surface area contributed by atoms with Gasteiger partial charge in [-0.1, -0.05) is 84.5 Å². The van der Waals surface area contributed by atoms with E-state index >= 15 is 0 Å². The Hall–Kier alpha value is -2.34. The summed E-state index contributed by atoms with van der Waals surface area (Å²) in [6.45, 7) is 2.26. The van der Waals surface area contributed by atoms with E-state index in [1.807, 2.05) is 0 Å². The van der Waals surface area contributed by atoms with Crippen LogP contribution >= 0.6 is 0 Å². The SMILES string of the molecule is CC1=Cc2c(-c3ccccc3)cccc2C1C1C=CC=C1. The number of rotatable bonds is 2. The molecule has 2 aromatic rings. The second-order valence-electron chi connectivity index (χ2n) is 5.89. The molecule has 0 aromatic heterocycles. The first-order valence-electron chi connectivity index (χ1n) is 7.56. The summed E-state index contributed by atoms with van der Waals surface area (Å²) >= 11 is 0. The number of fused-ring (bicyclic) bond motifs is 1. The van der Waals surface area contributed by atoms with Crippen molar-refractivity contribution >= 4 is 6.08 Å². The zero-order valence-corrected chi connectivity index (χ0v) is 12.2.